The molecular weight excluding hydrogens is 858 g/mol. The summed E-state index contributed by atoms with van der Waals surface area (Å²) in [7, 11) is 1.44. The number of phosphoric acid groups is 1. The Morgan fingerprint density at radius 3 is 1.27 bits per heavy atom. The number of phosphoric ester groups is 1. The Bertz CT molecular complexity index is 1500. The molecule has 0 saturated carbocycles. The van der Waals surface area contributed by atoms with Gasteiger partial charge in [0.15, 0.2) is 6.10 Å². The lowest BCUT2D eigenvalue weighted by Gasteiger charge is -2.24. The number of hydrogen-bond acceptors (Lipinski definition) is 7. The van der Waals surface area contributed by atoms with Crippen molar-refractivity contribution in [2.75, 3.05) is 47.5 Å². The topological polar surface area (TPSA) is 108 Å². The molecule has 0 fully saturated rings. The zero-order valence-electron chi connectivity index (χ0n) is 43.1. The maximum absolute atomic E-state index is 12.8. The Balaban J connectivity index is 4.33. The van der Waals surface area contributed by atoms with Gasteiger partial charge in [-0.3, -0.25) is 18.6 Å². The van der Waals surface area contributed by atoms with Crippen molar-refractivity contribution in [3.63, 3.8) is 0 Å². The fourth-order valence-electron chi connectivity index (χ4n) is 6.49. The second-order valence-corrected chi connectivity index (χ2v) is 19.6. The van der Waals surface area contributed by atoms with Crippen LogP contribution in [0.1, 0.15) is 187 Å². The summed E-state index contributed by atoms with van der Waals surface area (Å²) >= 11 is 0. The van der Waals surface area contributed by atoms with Crippen molar-refractivity contribution >= 4 is 19.8 Å². The van der Waals surface area contributed by atoms with Crippen molar-refractivity contribution in [1.82, 2.24) is 0 Å². The molecule has 2 unspecified atom stereocenters. The second-order valence-electron chi connectivity index (χ2n) is 18.2. The number of ether oxygens (including phenoxy) is 2. The third kappa shape index (κ3) is 51.9. The van der Waals surface area contributed by atoms with Crippen molar-refractivity contribution < 1.29 is 42.1 Å². The van der Waals surface area contributed by atoms with Crippen LogP contribution >= 0.6 is 7.82 Å². The molecule has 0 aromatic heterocycles. The molecule has 0 bridgehead atoms. The molecule has 2 atom stereocenters. The fraction of sp³-hybridized carbons (Fsp3) is 0.649. The molecule has 0 aliphatic carbocycles. The number of likely N-dealkylation sites (N-methyl/N-ethyl adjacent to an activating group) is 1. The first-order chi connectivity index (χ1) is 32.5. The van der Waals surface area contributed by atoms with E-state index in [1.807, 2.05) is 21.1 Å². The lowest BCUT2D eigenvalue weighted by atomic mass is 10.1. The lowest BCUT2D eigenvalue weighted by Crippen LogP contribution is -2.37. The maximum Gasteiger partial charge on any atom is 0.472 e. The molecule has 9 nitrogen and oxygen atoms in total. The van der Waals surface area contributed by atoms with Crippen LogP contribution in [0.3, 0.4) is 0 Å². The molecule has 0 radical (unpaired) electrons. The van der Waals surface area contributed by atoms with Crippen molar-refractivity contribution in [3.8, 4) is 0 Å². The van der Waals surface area contributed by atoms with E-state index in [2.05, 4.69) is 123 Å². The van der Waals surface area contributed by atoms with Crippen molar-refractivity contribution in [2.24, 2.45) is 0 Å². The SMILES string of the molecule is CC/C=C\C/C=C\C/C=C\C/C=C\C/C=C\C/C=C\C/C=C\CCCCCCCC(=O)OC(COC(=O)CCCCCCC/C=C\C/C=C\CCCCCC)COP(=O)(O)OCC[N+](C)(C)C. The van der Waals surface area contributed by atoms with Crippen LogP contribution in [-0.2, 0) is 32.7 Å². The third-order valence-electron chi connectivity index (χ3n) is 10.5. The number of allylic oxidation sites excluding steroid dienone is 18. The normalized spacial score (nSPS) is 14.3. The van der Waals surface area contributed by atoms with Crippen LogP contribution in [0, 0.1) is 0 Å². The number of unbranched alkanes of at least 4 members (excludes halogenated alkanes) is 14. The van der Waals surface area contributed by atoms with Crippen molar-refractivity contribution in [2.45, 2.75) is 193 Å². The first kappa shape index (κ1) is 63.7. The first-order valence-corrected chi connectivity index (χ1v) is 27.6. The molecule has 0 aliphatic heterocycles. The number of carbonyl (C=O) groups is 2. The summed E-state index contributed by atoms with van der Waals surface area (Å²) in [5, 5.41) is 0. The summed E-state index contributed by atoms with van der Waals surface area (Å²) < 4.78 is 34.4. The van der Waals surface area contributed by atoms with Crippen LogP contribution in [0.4, 0.5) is 0 Å². The van der Waals surface area contributed by atoms with E-state index in [1.54, 1.807) is 0 Å². The van der Waals surface area contributed by atoms with Crippen LogP contribution in [0.2, 0.25) is 0 Å². The van der Waals surface area contributed by atoms with Gasteiger partial charge in [-0.1, -0.05) is 181 Å². The Hall–Kier alpha value is -3.33. The molecule has 0 aromatic rings. The highest BCUT2D eigenvalue weighted by Gasteiger charge is 2.27. The summed E-state index contributed by atoms with van der Waals surface area (Å²) in [6.45, 7) is 4.24. The zero-order valence-corrected chi connectivity index (χ0v) is 44.0. The molecular formula is C57H97NO8P+. The van der Waals surface area contributed by atoms with Gasteiger partial charge in [-0.15, -0.1) is 0 Å². The fourth-order valence-corrected chi connectivity index (χ4v) is 7.24. The summed E-state index contributed by atoms with van der Waals surface area (Å²) in [4.78, 5) is 35.6. The number of esters is 2. The summed E-state index contributed by atoms with van der Waals surface area (Å²) in [6.07, 6.45) is 65.7. The standard InChI is InChI=1S/C57H96NO8P/c1-6-8-10-12-14-16-18-20-22-24-25-26-27-28-29-30-31-32-33-34-36-38-40-42-44-46-48-50-57(60)66-55(54-65-67(61,62)64-52-51-58(3,4)5)53-63-56(59)49-47-45-43-41-39-37-35-23-21-19-17-15-13-11-9-7-2/h8,10,14,16-17,19-20,22-23,25-26,28-29,31-32,34-36,55H,6-7,9,11-13,15,18,21,24,27,30,33,37-54H2,1-5H3/p+1/b10-8-,16-14-,19-17-,22-20-,26-25-,29-28-,32-31-,35-23-,36-34-. The van der Waals surface area contributed by atoms with Gasteiger partial charge < -0.3 is 18.9 Å². The zero-order chi connectivity index (χ0) is 49.2. The van der Waals surface area contributed by atoms with Gasteiger partial charge in [-0.25, -0.2) is 4.57 Å². The summed E-state index contributed by atoms with van der Waals surface area (Å²) in [6, 6.07) is 0. The number of carbonyl (C=O) groups excluding carboxylic acids is 2. The number of nitrogens with zero attached hydrogens (tertiary/aromatic N) is 1. The van der Waals surface area contributed by atoms with Gasteiger partial charge in [-0.2, -0.15) is 0 Å². The Kier molecular flexibility index (Phi) is 45.4. The van der Waals surface area contributed by atoms with Crippen LogP contribution in [-0.4, -0.2) is 74.9 Å². The highest BCUT2D eigenvalue weighted by Crippen LogP contribution is 2.43. The van der Waals surface area contributed by atoms with Gasteiger partial charge in [0, 0.05) is 12.8 Å². The van der Waals surface area contributed by atoms with E-state index >= 15 is 0 Å². The molecule has 0 saturated heterocycles. The molecule has 67 heavy (non-hydrogen) atoms. The van der Waals surface area contributed by atoms with E-state index in [0.29, 0.717) is 23.9 Å². The van der Waals surface area contributed by atoms with Crippen LogP contribution < -0.4 is 0 Å². The summed E-state index contributed by atoms with van der Waals surface area (Å²) in [5.41, 5.74) is 0. The second kappa shape index (κ2) is 47.7. The van der Waals surface area contributed by atoms with Gasteiger partial charge in [0.25, 0.3) is 0 Å². The Morgan fingerprint density at radius 1 is 0.478 bits per heavy atom. The minimum Gasteiger partial charge on any atom is -0.462 e. The molecule has 0 rings (SSSR count). The van der Waals surface area contributed by atoms with Gasteiger partial charge >= 0.3 is 19.8 Å². The van der Waals surface area contributed by atoms with E-state index in [0.717, 1.165) is 116 Å². The predicted octanol–water partition coefficient (Wildman–Crippen LogP) is 15.9. The average Bonchev–Trinajstić information content (AvgIpc) is 3.29. The minimum atomic E-state index is -4.40. The average molecular weight is 955 g/mol. The molecule has 0 aromatic carbocycles. The van der Waals surface area contributed by atoms with Crippen LogP contribution in [0.25, 0.3) is 0 Å². The van der Waals surface area contributed by atoms with Crippen molar-refractivity contribution in [1.29, 1.82) is 0 Å². The molecule has 0 amide bonds. The smallest absolute Gasteiger partial charge is 0.462 e. The van der Waals surface area contributed by atoms with E-state index in [1.165, 1.54) is 32.1 Å². The molecule has 0 heterocycles. The number of quaternary nitrogens is 1. The minimum absolute atomic E-state index is 0.0188. The van der Waals surface area contributed by atoms with E-state index in [-0.39, 0.29) is 26.1 Å². The molecule has 0 aliphatic rings. The van der Waals surface area contributed by atoms with Crippen molar-refractivity contribution in [3.05, 3.63) is 109 Å². The van der Waals surface area contributed by atoms with Crippen LogP contribution in [0.15, 0.2) is 109 Å². The highest BCUT2D eigenvalue weighted by molar-refractivity contribution is 7.47. The lowest BCUT2D eigenvalue weighted by molar-refractivity contribution is -0.870. The maximum atomic E-state index is 12.8. The number of rotatable bonds is 46. The van der Waals surface area contributed by atoms with E-state index in [4.69, 9.17) is 18.5 Å². The quantitative estimate of drug-likeness (QED) is 0.0211. The van der Waals surface area contributed by atoms with Gasteiger partial charge in [0.1, 0.15) is 19.8 Å². The first-order valence-electron chi connectivity index (χ1n) is 26.1. The predicted molar refractivity (Wildman–Crippen MR) is 284 cm³/mol. The number of hydrogen-bond donors (Lipinski definition) is 1. The molecule has 1 N–H and O–H groups in total. The van der Waals surface area contributed by atoms with Gasteiger partial charge in [-0.05, 0) is 103 Å². The van der Waals surface area contributed by atoms with Gasteiger partial charge in [0.2, 0.25) is 0 Å². The monoisotopic (exact) mass is 955 g/mol. The molecule has 0 spiro atoms. The molecule has 382 valence electrons. The Labute approximate surface area is 410 Å². The molecule has 10 heteroatoms. The Morgan fingerprint density at radius 2 is 0.851 bits per heavy atom. The van der Waals surface area contributed by atoms with Crippen LogP contribution in [0.5, 0.6) is 0 Å². The van der Waals surface area contributed by atoms with E-state index < -0.39 is 32.5 Å². The largest absolute Gasteiger partial charge is 0.472 e. The summed E-state index contributed by atoms with van der Waals surface area (Å²) in [5.74, 6) is -0.845. The highest BCUT2D eigenvalue weighted by atomic mass is 31.2. The third-order valence-corrected chi connectivity index (χ3v) is 11.5. The van der Waals surface area contributed by atoms with E-state index in [9.17, 15) is 19.0 Å². The van der Waals surface area contributed by atoms with Gasteiger partial charge in [0.05, 0.1) is 27.7 Å².